The zero-order chi connectivity index (χ0) is 18.7. The second kappa shape index (κ2) is 7.17. The number of aliphatic hydroxyl groups excluding tert-OH is 1. The summed E-state index contributed by atoms with van der Waals surface area (Å²) in [5.41, 5.74) is 2.24. The first-order chi connectivity index (χ1) is 12.5. The van der Waals surface area contributed by atoms with Crippen molar-refractivity contribution in [1.82, 2.24) is 9.78 Å². The van der Waals surface area contributed by atoms with Gasteiger partial charge < -0.3 is 10.4 Å². The van der Waals surface area contributed by atoms with E-state index >= 15 is 0 Å². The van der Waals surface area contributed by atoms with Crippen LogP contribution in [0.3, 0.4) is 0 Å². The van der Waals surface area contributed by atoms with E-state index in [0.717, 1.165) is 0 Å². The Morgan fingerprint density at radius 2 is 2.12 bits per heavy atom. The van der Waals surface area contributed by atoms with E-state index < -0.39 is 11.7 Å². The van der Waals surface area contributed by atoms with E-state index in [0.29, 0.717) is 22.6 Å². The average molecular weight is 350 g/mol. The van der Waals surface area contributed by atoms with Crippen LogP contribution in [0, 0.1) is 19.3 Å². The largest absolute Gasteiger partial charge is 0.392 e. The molecule has 130 valence electrons. The van der Waals surface area contributed by atoms with Gasteiger partial charge in [0, 0.05) is 0 Å². The van der Waals surface area contributed by atoms with Crippen LogP contribution in [0.5, 0.6) is 0 Å². The van der Waals surface area contributed by atoms with E-state index in [1.165, 1.54) is 22.9 Å². The first-order valence-corrected chi connectivity index (χ1v) is 7.77. The highest BCUT2D eigenvalue weighted by Gasteiger charge is 2.17. The SMILES string of the molecule is [C-]#[N+]c1cccc(-n2nc(C)cc2C(=O)Nc2cc(CO)ccc2F)c1. The van der Waals surface area contributed by atoms with Crippen LogP contribution in [-0.2, 0) is 6.61 Å². The monoisotopic (exact) mass is 350 g/mol. The van der Waals surface area contributed by atoms with Gasteiger partial charge in [-0.05, 0) is 42.8 Å². The normalized spacial score (nSPS) is 10.4. The lowest BCUT2D eigenvalue weighted by molar-refractivity contribution is 0.101. The second-order valence-corrected chi connectivity index (χ2v) is 5.64. The van der Waals surface area contributed by atoms with Gasteiger partial charge in [0.1, 0.15) is 11.5 Å². The highest BCUT2D eigenvalue weighted by Crippen LogP contribution is 2.21. The number of aliphatic hydroxyl groups is 1. The molecular weight excluding hydrogens is 335 g/mol. The Hall–Kier alpha value is -3.50. The molecule has 3 rings (SSSR count). The summed E-state index contributed by atoms with van der Waals surface area (Å²) in [4.78, 5) is 16.0. The Bertz CT molecular complexity index is 1020. The molecule has 0 saturated heterocycles. The lowest BCUT2D eigenvalue weighted by Crippen LogP contribution is -2.17. The summed E-state index contributed by atoms with van der Waals surface area (Å²) in [6.07, 6.45) is 0. The summed E-state index contributed by atoms with van der Waals surface area (Å²) in [5.74, 6) is -1.15. The predicted octanol–water partition coefficient (Wildman–Crippen LogP) is 3.62. The number of rotatable bonds is 4. The van der Waals surface area contributed by atoms with Crippen LogP contribution >= 0.6 is 0 Å². The number of anilines is 1. The number of hydrogen-bond acceptors (Lipinski definition) is 3. The van der Waals surface area contributed by atoms with Gasteiger partial charge in [-0.25, -0.2) is 13.9 Å². The molecule has 0 saturated carbocycles. The number of aromatic nitrogens is 2. The van der Waals surface area contributed by atoms with Crippen molar-refractivity contribution in [3.05, 3.63) is 82.7 Å². The van der Waals surface area contributed by atoms with Gasteiger partial charge in [-0.1, -0.05) is 18.2 Å². The third-order valence-corrected chi connectivity index (χ3v) is 3.73. The summed E-state index contributed by atoms with van der Waals surface area (Å²) in [5, 5.41) is 16.0. The third-order valence-electron chi connectivity index (χ3n) is 3.73. The van der Waals surface area contributed by atoms with Crippen LogP contribution in [-0.4, -0.2) is 20.8 Å². The molecule has 0 spiro atoms. The summed E-state index contributed by atoms with van der Waals surface area (Å²) >= 11 is 0. The number of carbonyl (C=O) groups is 1. The smallest absolute Gasteiger partial charge is 0.274 e. The summed E-state index contributed by atoms with van der Waals surface area (Å²) in [6.45, 7) is 8.59. The van der Waals surface area contributed by atoms with Crippen LogP contribution in [0.2, 0.25) is 0 Å². The standard InChI is InChI=1S/C19H15FN4O2/c1-12-8-18(24(23-12)15-5-3-4-14(10-15)21-2)19(26)22-17-9-13(11-25)6-7-16(17)20/h3-10,25H,11H2,1H3,(H,22,26). The minimum Gasteiger partial charge on any atom is -0.392 e. The van der Waals surface area contributed by atoms with Crippen molar-refractivity contribution < 1.29 is 14.3 Å². The van der Waals surface area contributed by atoms with Gasteiger partial charge in [-0.15, -0.1) is 0 Å². The lowest BCUT2D eigenvalue weighted by Gasteiger charge is -2.10. The molecule has 2 aromatic carbocycles. The van der Waals surface area contributed by atoms with Gasteiger partial charge in [0.25, 0.3) is 5.91 Å². The van der Waals surface area contributed by atoms with Crippen LogP contribution in [0.4, 0.5) is 15.8 Å². The molecule has 1 heterocycles. The average Bonchev–Trinajstić information content (AvgIpc) is 3.05. The first kappa shape index (κ1) is 17.3. The number of hydrogen-bond donors (Lipinski definition) is 2. The molecule has 2 N–H and O–H groups in total. The number of benzene rings is 2. The topological polar surface area (TPSA) is 71.5 Å². The van der Waals surface area contributed by atoms with Gasteiger partial charge in [0.05, 0.1) is 30.2 Å². The molecule has 1 aromatic heterocycles. The Morgan fingerprint density at radius 1 is 1.31 bits per heavy atom. The number of aryl methyl sites for hydroxylation is 1. The fourth-order valence-corrected chi connectivity index (χ4v) is 2.51. The number of amides is 1. The molecule has 0 bridgehead atoms. The maximum absolute atomic E-state index is 14.0. The molecule has 0 aliphatic rings. The van der Waals surface area contributed by atoms with Crippen molar-refractivity contribution in [3.8, 4) is 5.69 Å². The predicted molar refractivity (Wildman–Crippen MR) is 94.8 cm³/mol. The summed E-state index contributed by atoms with van der Waals surface area (Å²) in [6, 6.07) is 12.3. The van der Waals surface area contributed by atoms with Gasteiger partial charge >= 0.3 is 0 Å². The first-order valence-electron chi connectivity index (χ1n) is 7.77. The molecule has 0 atom stereocenters. The van der Waals surface area contributed by atoms with Crippen molar-refractivity contribution in [1.29, 1.82) is 0 Å². The zero-order valence-corrected chi connectivity index (χ0v) is 13.9. The maximum atomic E-state index is 14.0. The fourth-order valence-electron chi connectivity index (χ4n) is 2.51. The minimum absolute atomic E-state index is 0.0261. The fraction of sp³-hybridized carbons (Fsp3) is 0.105. The highest BCUT2D eigenvalue weighted by molar-refractivity contribution is 6.03. The number of nitrogens with zero attached hydrogens (tertiary/aromatic N) is 3. The Balaban J connectivity index is 1.97. The molecule has 0 fully saturated rings. The van der Waals surface area contributed by atoms with E-state index in [1.54, 1.807) is 37.3 Å². The molecule has 1 amide bonds. The number of carbonyl (C=O) groups excluding carboxylic acids is 1. The second-order valence-electron chi connectivity index (χ2n) is 5.64. The van der Waals surface area contributed by atoms with Crippen LogP contribution < -0.4 is 5.32 Å². The molecule has 26 heavy (non-hydrogen) atoms. The maximum Gasteiger partial charge on any atom is 0.274 e. The Morgan fingerprint density at radius 3 is 2.85 bits per heavy atom. The van der Waals surface area contributed by atoms with Crippen LogP contribution in [0.15, 0.2) is 48.5 Å². The van der Waals surface area contributed by atoms with Crippen molar-refractivity contribution in [2.45, 2.75) is 13.5 Å². The molecular formula is C19H15FN4O2. The number of nitrogens with one attached hydrogen (secondary N) is 1. The molecule has 7 heteroatoms. The quantitative estimate of drug-likeness (QED) is 0.706. The van der Waals surface area contributed by atoms with Crippen LogP contribution in [0.25, 0.3) is 10.5 Å². The van der Waals surface area contributed by atoms with Gasteiger partial charge in [0.2, 0.25) is 0 Å². The van der Waals surface area contributed by atoms with E-state index in [2.05, 4.69) is 15.3 Å². The van der Waals surface area contributed by atoms with E-state index in [-0.39, 0.29) is 18.0 Å². The van der Waals surface area contributed by atoms with E-state index in [4.69, 9.17) is 6.57 Å². The Labute approximate surface area is 149 Å². The van der Waals surface area contributed by atoms with Gasteiger partial charge in [0.15, 0.2) is 5.69 Å². The molecule has 3 aromatic rings. The van der Waals surface area contributed by atoms with E-state index in [9.17, 15) is 14.3 Å². The van der Waals surface area contributed by atoms with Crippen molar-refractivity contribution in [2.24, 2.45) is 0 Å². The van der Waals surface area contributed by atoms with Crippen molar-refractivity contribution in [3.63, 3.8) is 0 Å². The molecule has 0 radical (unpaired) electrons. The van der Waals surface area contributed by atoms with Gasteiger partial charge in [-0.2, -0.15) is 5.10 Å². The Kier molecular flexibility index (Phi) is 4.78. The molecule has 0 aliphatic heterocycles. The third kappa shape index (κ3) is 3.45. The van der Waals surface area contributed by atoms with Gasteiger partial charge in [-0.3, -0.25) is 4.79 Å². The lowest BCUT2D eigenvalue weighted by atomic mass is 10.2. The zero-order valence-electron chi connectivity index (χ0n) is 13.9. The molecule has 0 aliphatic carbocycles. The molecule has 0 unspecified atom stereocenters. The van der Waals surface area contributed by atoms with Crippen molar-refractivity contribution >= 4 is 17.3 Å². The summed E-state index contributed by atoms with van der Waals surface area (Å²) < 4.78 is 15.4. The van der Waals surface area contributed by atoms with Crippen LogP contribution in [0.1, 0.15) is 21.7 Å². The number of halogens is 1. The highest BCUT2D eigenvalue weighted by atomic mass is 19.1. The summed E-state index contributed by atoms with van der Waals surface area (Å²) in [7, 11) is 0. The van der Waals surface area contributed by atoms with Crippen molar-refractivity contribution in [2.75, 3.05) is 5.32 Å². The van der Waals surface area contributed by atoms with E-state index in [1.807, 2.05) is 0 Å². The molecule has 6 nitrogen and oxygen atoms in total. The minimum atomic E-state index is -0.603.